The Kier molecular flexibility index (Phi) is 11.4. The van der Waals surface area contributed by atoms with Crippen molar-refractivity contribution < 1.29 is 46.7 Å². The van der Waals surface area contributed by atoms with Gasteiger partial charge in [-0.15, -0.1) is 0 Å². The monoisotopic (exact) mass is 505 g/mol. The molecule has 0 atom stereocenters. The van der Waals surface area contributed by atoms with Crippen molar-refractivity contribution >= 4 is 34.1 Å². The van der Waals surface area contributed by atoms with Crippen LogP contribution in [0.25, 0.3) is 11.1 Å². The van der Waals surface area contributed by atoms with E-state index in [1.54, 1.807) is 0 Å². The molecule has 0 aliphatic carbocycles. The summed E-state index contributed by atoms with van der Waals surface area (Å²) >= 11 is 0. The Hall–Kier alpha value is -3.82. The number of ketones is 2. The predicted octanol–water partition coefficient (Wildman–Crippen LogP) is 4.94. The molecule has 2 rings (SSSR count). The number of aliphatic hydroxyl groups is 2. The fourth-order valence-electron chi connectivity index (χ4n) is 2.83. The molecule has 2 N–H and O–H groups in total. The van der Waals surface area contributed by atoms with Gasteiger partial charge in [-0.25, -0.2) is 0 Å². The molecule has 0 bridgehead atoms. The third kappa shape index (κ3) is 8.32. The minimum absolute atomic E-state index is 0. The number of carbonyl (C=O) groups excluding carboxylic acids is 2. The number of nitro groups is 2. The smallest absolute Gasteiger partial charge is 0.269 e. The normalized spacial score (nSPS) is 11.5. The van der Waals surface area contributed by atoms with Crippen LogP contribution in [-0.4, -0.2) is 31.6 Å². The predicted molar refractivity (Wildman–Crippen MR) is 118 cm³/mol. The van der Waals surface area contributed by atoms with E-state index in [2.05, 4.69) is 0 Å². The van der Waals surface area contributed by atoms with Gasteiger partial charge in [0, 0.05) is 41.3 Å². The molecule has 0 aliphatic heterocycles. The first kappa shape index (κ1) is 29.2. The molecule has 179 valence electrons. The van der Waals surface area contributed by atoms with Crippen molar-refractivity contribution in [2.45, 2.75) is 27.7 Å². The molecule has 1 radical (unpaired) electrons. The Morgan fingerprint density at radius 2 is 0.879 bits per heavy atom. The van der Waals surface area contributed by atoms with Crippen molar-refractivity contribution in [2.75, 3.05) is 0 Å². The van der Waals surface area contributed by atoms with Gasteiger partial charge in [-0.2, -0.15) is 0 Å². The van der Waals surface area contributed by atoms with Crippen molar-refractivity contribution in [3.63, 3.8) is 0 Å². The van der Waals surface area contributed by atoms with E-state index in [0.29, 0.717) is 11.1 Å². The van der Waals surface area contributed by atoms with Crippen LogP contribution in [0.2, 0.25) is 0 Å². The molecule has 0 heterocycles. The first-order valence-corrected chi connectivity index (χ1v) is 9.18. The molecule has 10 nitrogen and oxygen atoms in total. The van der Waals surface area contributed by atoms with Crippen LogP contribution in [-0.2, 0) is 26.7 Å². The Labute approximate surface area is 200 Å². The Bertz CT molecular complexity index is 1010. The number of allylic oxidation sites excluding steroid dienone is 4. The summed E-state index contributed by atoms with van der Waals surface area (Å²) in [5.41, 5.74) is 1.19. The molecule has 33 heavy (non-hydrogen) atoms. The average molecular weight is 506 g/mol. The fraction of sp³-hybridized carbons (Fsp3) is 0.182. The van der Waals surface area contributed by atoms with Crippen molar-refractivity contribution in [3.05, 3.63) is 91.4 Å². The summed E-state index contributed by atoms with van der Waals surface area (Å²) in [6.07, 6.45) is 0. The standard InChI is InChI=1S/2C11H11NO4.Cu/c2*1-7(13)11(8(2)14)9-3-5-10(6-4-9)12(15)16;/h2*3-6,13H,1-2H3;/b2*11-7+;. The van der Waals surface area contributed by atoms with Gasteiger partial charge < -0.3 is 10.2 Å². The number of non-ortho nitro benzene ring substituents is 2. The molecule has 2 aromatic rings. The number of Topliss-reactive ketones (excluding diaryl/α,β-unsaturated/α-hetero) is 2. The zero-order valence-corrected chi connectivity index (χ0v) is 19.1. The minimum atomic E-state index is -0.521. The first-order chi connectivity index (χ1) is 14.9. The van der Waals surface area contributed by atoms with Gasteiger partial charge in [0.2, 0.25) is 0 Å². The van der Waals surface area contributed by atoms with Crippen molar-refractivity contribution in [2.24, 2.45) is 0 Å². The van der Waals surface area contributed by atoms with E-state index in [0.717, 1.165) is 0 Å². The third-order valence-corrected chi connectivity index (χ3v) is 4.16. The fourth-order valence-corrected chi connectivity index (χ4v) is 2.83. The molecular formula is C22H22CuN2O8. The summed E-state index contributed by atoms with van der Waals surface area (Å²) in [5, 5.41) is 39.5. The van der Waals surface area contributed by atoms with Crippen LogP contribution in [0, 0.1) is 20.2 Å². The summed E-state index contributed by atoms with van der Waals surface area (Å²) in [6, 6.07) is 10.9. The van der Waals surface area contributed by atoms with Gasteiger partial charge in [0.15, 0.2) is 11.6 Å². The molecule has 0 amide bonds. The Morgan fingerprint density at radius 3 is 1.03 bits per heavy atom. The maximum Gasteiger partial charge on any atom is 0.269 e. The molecule has 11 heteroatoms. The second-order valence-electron chi connectivity index (χ2n) is 6.64. The number of benzene rings is 2. The number of nitrogens with zero attached hydrogens (tertiary/aromatic N) is 2. The number of carbonyl (C=O) groups is 2. The van der Waals surface area contributed by atoms with Gasteiger partial charge >= 0.3 is 0 Å². The molecule has 0 aliphatic rings. The Balaban J connectivity index is 0.000000602. The zero-order chi connectivity index (χ0) is 24.6. The van der Waals surface area contributed by atoms with Gasteiger partial charge in [0.1, 0.15) is 11.5 Å². The molecule has 0 aromatic heterocycles. The van der Waals surface area contributed by atoms with Gasteiger partial charge in [0.25, 0.3) is 11.4 Å². The van der Waals surface area contributed by atoms with Crippen LogP contribution < -0.4 is 0 Å². The number of rotatable bonds is 6. The van der Waals surface area contributed by atoms with E-state index in [4.69, 9.17) is 0 Å². The van der Waals surface area contributed by atoms with Gasteiger partial charge in [0.05, 0.1) is 21.0 Å². The molecule has 0 unspecified atom stereocenters. The zero-order valence-electron chi connectivity index (χ0n) is 18.2. The number of aliphatic hydroxyl groups excluding tert-OH is 2. The molecule has 0 fully saturated rings. The van der Waals surface area contributed by atoms with E-state index in [9.17, 15) is 40.0 Å². The van der Waals surface area contributed by atoms with E-state index in [-0.39, 0.29) is 62.7 Å². The van der Waals surface area contributed by atoms with E-state index in [1.165, 1.54) is 76.2 Å². The van der Waals surface area contributed by atoms with Crippen molar-refractivity contribution in [1.29, 1.82) is 0 Å². The van der Waals surface area contributed by atoms with E-state index < -0.39 is 9.85 Å². The Morgan fingerprint density at radius 1 is 0.636 bits per heavy atom. The first-order valence-electron chi connectivity index (χ1n) is 9.18. The van der Waals surface area contributed by atoms with Crippen molar-refractivity contribution in [3.8, 4) is 0 Å². The SMILES string of the molecule is CC(=O)/C(=C(/C)O)c1ccc([N+](=O)[O-])cc1.CC(=O)/C(=C(/C)O)c1ccc([N+](=O)[O-])cc1.[Cu]. The summed E-state index contributed by atoms with van der Waals surface area (Å²) in [5.74, 6) is -0.759. The van der Waals surface area contributed by atoms with Crippen LogP contribution in [0.5, 0.6) is 0 Å². The van der Waals surface area contributed by atoms with E-state index >= 15 is 0 Å². The largest absolute Gasteiger partial charge is 0.512 e. The molecule has 2 aromatic carbocycles. The second kappa shape index (κ2) is 12.9. The average Bonchev–Trinajstić information content (AvgIpc) is 2.68. The van der Waals surface area contributed by atoms with Crippen LogP contribution in [0.3, 0.4) is 0 Å². The van der Waals surface area contributed by atoms with E-state index in [1.807, 2.05) is 0 Å². The topological polar surface area (TPSA) is 161 Å². The number of hydrogen-bond acceptors (Lipinski definition) is 8. The summed E-state index contributed by atoms with van der Waals surface area (Å²) in [4.78, 5) is 42.3. The molecular weight excluding hydrogens is 484 g/mol. The minimum Gasteiger partial charge on any atom is -0.512 e. The summed E-state index contributed by atoms with van der Waals surface area (Å²) < 4.78 is 0. The maximum absolute atomic E-state index is 11.3. The van der Waals surface area contributed by atoms with Crippen LogP contribution in [0.1, 0.15) is 38.8 Å². The number of hydrogen-bond donors (Lipinski definition) is 2. The molecule has 0 spiro atoms. The molecule has 0 saturated heterocycles. The third-order valence-electron chi connectivity index (χ3n) is 4.16. The number of nitro benzene ring substituents is 2. The van der Waals surface area contributed by atoms with Gasteiger partial charge in [-0.1, -0.05) is 0 Å². The van der Waals surface area contributed by atoms with Crippen molar-refractivity contribution in [1.82, 2.24) is 0 Å². The second-order valence-corrected chi connectivity index (χ2v) is 6.64. The van der Waals surface area contributed by atoms with Crippen LogP contribution in [0.4, 0.5) is 11.4 Å². The molecule has 0 saturated carbocycles. The van der Waals surface area contributed by atoms with Gasteiger partial charge in [-0.05, 0) is 63.1 Å². The summed E-state index contributed by atoms with van der Waals surface area (Å²) in [6.45, 7) is 5.46. The van der Waals surface area contributed by atoms with Crippen LogP contribution >= 0.6 is 0 Å². The van der Waals surface area contributed by atoms with Crippen LogP contribution in [0.15, 0.2) is 60.0 Å². The van der Waals surface area contributed by atoms with Gasteiger partial charge in [-0.3, -0.25) is 29.8 Å². The maximum atomic E-state index is 11.3. The quantitative estimate of drug-likeness (QED) is 0.183. The summed E-state index contributed by atoms with van der Waals surface area (Å²) in [7, 11) is 0.